The van der Waals surface area contributed by atoms with Crippen LogP contribution in [-0.4, -0.2) is 31.5 Å². The molecule has 0 saturated carbocycles. The molecule has 5 heteroatoms. The van der Waals surface area contributed by atoms with Crippen LogP contribution >= 0.6 is 0 Å². The van der Waals surface area contributed by atoms with E-state index in [1.807, 2.05) is 0 Å². The Kier molecular flexibility index (Phi) is 5.09. The molecule has 1 rings (SSSR count). The Bertz CT molecular complexity index is 421. The molecule has 0 spiro atoms. The number of nitrogens with zero attached hydrogens (tertiary/aromatic N) is 1. The Morgan fingerprint density at radius 3 is 2.67 bits per heavy atom. The summed E-state index contributed by atoms with van der Waals surface area (Å²) in [5.74, 6) is -0.341. The molecule has 0 heterocycles. The van der Waals surface area contributed by atoms with Gasteiger partial charge >= 0.3 is 0 Å². The van der Waals surface area contributed by atoms with E-state index < -0.39 is 11.9 Å². The minimum Gasteiger partial charge on any atom is -0.491 e. The van der Waals surface area contributed by atoms with Gasteiger partial charge in [0.05, 0.1) is 6.61 Å². The second kappa shape index (κ2) is 6.35. The van der Waals surface area contributed by atoms with Gasteiger partial charge in [0.2, 0.25) is 5.91 Å². The van der Waals surface area contributed by atoms with E-state index in [0.717, 1.165) is 0 Å². The molecular weight excluding hydrogens is 235 g/mol. The quantitative estimate of drug-likeness (QED) is 0.870. The van der Waals surface area contributed by atoms with Crippen molar-refractivity contribution in [1.82, 2.24) is 4.90 Å². The molecule has 1 aromatic carbocycles. The number of carbonyl (C=O) groups excluding carboxylic acids is 1. The highest BCUT2D eigenvalue weighted by Gasteiger charge is 2.15. The zero-order valence-electron chi connectivity index (χ0n) is 10.9. The first-order valence-corrected chi connectivity index (χ1v) is 5.83. The summed E-state index contributed by atoms with van der Waals surface area (Å²) < 4.78 is 18.7. The number of amides is 1. The second-order valence-electron chi connectivity index (χ2n) is 4.22. The van der Waals surface area contributed by atoms with Gasteiger partial charge in [0, 0.05) is 26.6 Å². The van der Waals surface area contributed by atoms with Gasteiger partial charge in [-0.2, -0.15) is 0 Å². The fraction of sp³-hybridized carbons (Fsp3) is 0.462. The molecule has 0 aromatic heterocycles. The highest BCUT2D eigenvalue weighted by atomic mass is 19.1. The van der Waals surface area contributed by atoms with Crippen LogP contribution < -0.4 is 10.5 Å². The number of nitrogens with two attached hydrogens (primary N) is 1. The summed E-state index contributed by atoms with van der Waals surface area (Å²) in [5.41, 5.74) is 6.46. The van der Waals surface area contributed by atoms with Gasteiger partial charge in [-0.15, -0.1) is 0 Å². The number of carbonyl (C=O) groups is 1. The maximum absolute atomic E-state index is 13.6. The number of hydrogen-bond acceptors (Lipinski definition) is 3. The first-order valence-electron chi connectivity index (χ1n) is 5.83. The first kappa shape index (κ1) is 14.4. The lowest BCUT2D eigenvalue weighted by Gasteiger charge is -2.16. The lowest BCUT2D eigenvalue weighted by Crippen LogP contribution is -2.26. The van der Waals surface area contributed by atoms with Crippen LogP contribution in [0.2, 0.25) is 0 Å². The van der Waals surface area contributed by atoms with Gasteiger partial charge in [-0.05, 0) is 24.6 Å². The molecule has 0 radical (unpaired) electrons. The lowest BCUT2D eigenvalue weighted by molar-refractivity contribution is -0.129. The summed E-state index contributed by atoms with van der Waals surface area (Å²) in [6.45, 7) is 2.19. The molecule has 1 atom stereocenters. The predicted octanol–water partition coefficient (Wildman–Crippen LogP) is 1.70. The lowest BCUT2D eigenvalue weighted by atomic mass is 10.0. The zero-order chi connectivity index (χ0) is 13.7. The van der Waals surface area contributed by atoms with E-state index in [2.05, 4.69) is 0 Å². The second-order valence-corrected chi connectivity index (χ2v) is 4.22. The third-order valence-electron chi connectivity index (χ3n) is 2.58. The van der Waals surface area contributed by atoms with Gasteiger partial charge in [-0.3, -0.25) is 4.79 Å². The molecule has 1 unspecified atom stereocenters. The number of rotatable bonds is 5. The Morgan fingerprint density at radius 1 is 1.50 bits per heavy atom. The van der Waals surface area contributed by atoms with Gasteiger partial charge < -0.3 is 15.4 Å². The molecule has 0 saturated heterocycles. The molecular formula is C13H19FN2O2. The number of benzene rings is 1. The molecule has 0 aliphatic heterocycles. The fourth-order valence-corrected chi connectivity index (χ4v) is 1.51. The average Bonchev–Trinajstić information content (AvgIpc) is 2.31. The van der Waals surface area contributed by atoms with Gasteiger partial charge in [-0.1, -0.05) is 6.07 Å². The van der Waals surface area contributed by atoms with E-state index >= 15 is 0 Å². The van der Waals surface area contributed by atoms with Gasteiger partial charge in [0.25, 0.3) is 0 Å². The number of halogens is 1. The topological polar surface area (TPSA) is 55.6 Å². The first-order chi connectivity index (χ1) is 8.45. The maximum atomic E-state index is 13.6. The minimum absolute atomic E-state index is 0.0863. The molecule has 100 valence electrons. The van der Waals surface area contributed by atoms with E-state index in [4.69, 9.17) is 10.5 Å². The van der Waals surface area contributed by atoms with Crippen molar-refractivity contribution in [1.29, 1.82) is 0 Å². The Balaban J connectivity index is 2.78. The van der Waals surface area contributed by atoms with E-state index in [1.165, 1.54) is 17.0 Å². The van der Waals surface area contributed by atoms with Crippen LogP contribution in [0.3, 0.4) is 0 Å². The Hall–Kier alpha value is -1.62. The monoisotopic (exact) mass is 254 g/mol. The Morgan fingerprint density at radius 2 is 2.17 bits per heavy atom. The summed E-state index contributed by atoms with van der Waals surface area (Å²) in [6, 6.07) is 4.03. The molecule has 0 bridgehead atoms. The third kappa shape index (κ3) is 3.70. The molecule has 1 amide bonds. The zero-order valence-corrected chi connectivity index (χ0v) is 10.9. The van der Waals surface area contributed by atoms with Gasteiger partial charge in [0.15, 0.2) is 11.6 Å². The minimum atomic E-state index is -0.509. The molecule has 0 aliphatic rings. The van der Waals surface area contributed by atoms with Crippen LogP contribution in [0, 0.1) is 5.82 Å². The summed E-state index contributed by atoms with van der Waals surface area (Å²) in [6.07, 6.45) is 0.153. The molecule has 0 fully saturated rings. The van der Waals surface area contributed by atoms with Crippen molar-refractivity contribution < 1.29 is 13.9 Å². The van der Waals surface area contributed by atoms with E-state index in [0.29, 0.717) is 12.2 Å². The molecule has 4 nitrogen and oxygen atoms in total. The van der Waals surface area contributed by atoms with Crippen molar-refractivity contribution in [3.8, 4) is 5.75 Å². The molecule has 2 N–H and O–H groups in total. The van der Waals surface area contributed by atoms with Crippen LogP contribution in [-0.2, 0) is 4.79 Å². The normalized spacial score (nSPS) is 12.1. The maximum Gasteiger partial charge on any atom is 0.223 e. The van der Waals surface area contributed by atoms with Crippen molar-refractivity contribution in [2.24, 2.45) is 5.73 Å². The van der Waals surface area contributed by atoms with Crippen molar-refractivity contribution in [3.63, 3.8) is 0 Å². The van der Waals surface area contributed by atoms with Crippen molar-refractivity contribution in [2.75, 3.05) is 20.7 Å². The largest absolute Gasteiger partial charge is 0.491 e. The smallest absolute Gasteiger partial charge is 0.223 e. The van der Waals surface area contributed by atoms with Crippen molar-refractivity contribution in [2.45, 2.75) is 19.4 Å². The van der Waals surface area contributed by atoms with Crippen LogP contribution in [0.4, 0.5) is 4.39 Å². The van der Waals surface area contributed by atoms with Crippen LogP contribution in [0.1, 0.15) is 24.9 Å². The SMILES string of the molecule is CCOc1ccc(C(N)CC(=O)N(C)C)cc1F. The highest BCUT2D eigenvalue weighted by Crippen LogP contribution is 2.22. The summed E-state index contributed by atoms with van der Waals surface area (Å²) in [5, 5.41) is 0. The number of ether oxygens (including phenoxy) is 1. The van der Waals surface area contributed by atoms with Crippen molar-refractivity contribution >= 4 is 5.91 Å². The molecule has 18 heavy (non-hydrogen) atoms. The fourth-order valence-electron chi connectivity index (χ4n) is 1.51. The predicted molar refractivity (Wildman–Crippen MR) is 67.8 cm³/mol. The van der Waals surface area contributed by atoms with Gasteiger partial charge in [0.1, 0.15) is 0 Å². The van der Waals surface area contributed by atoms with Gasteiger partial charge in [-0.25, -0.2) is 4.39 Å². The Labute approximate surface area is 107 Å². The van der Waals surface area contributed by atoms with E-state index in [9.17, 15) is 9.18 Å². The van der Waals surface area contributed by atoms with Crippen molar-refractivity contribution in [3.05, 3.63) is 29.6 Å². The van der Waals surface area contributed by atoms with Crippen LogP contribution in [0.25, 0.3) is 0 Å². The molecule has 1 aromatic rings. The third-order valence-corrected chi connectivity index (χ3v) is 2.58. The molecule has 0 aliphatic carbocycles. The summed E-state index contributed by atoms with van der Waals surface area (Å²) >= 11 is 0. The van der Waals surface area contributed by atoms with E-state index in [1.54, 1.807) is 27.1 Å². The van der Waals surface area contributed by atoms with E-state index in [-0.39, 0.29) is 18.1 Å². The summed E-state index contributed by atoms with van der Waals surface area (Å²) in [4.78, 5) is 13.0. The average molecular weight is 254 g/mol. The number of hydrogen-bond donors (Lipinski definition) is 1. The summed E-state index contributed by atoms with van der Waals surface area (Å²) in [7, 11) is 3.32. The standard InChI is InChI=1S/C13H19FN2O2/c1-4-18-12-6-5-9(7-10(12)14)11(15)8-13(17)16(2)3/h5-7,11H,4,8,15H2,1-3H3. The van der Waals surface area contributed by atoms with Crippen LogP contribution in [0.15, 0.2) is 18.2 Å². The highest BCUT2D eigenvalue weighted by molar-refractivity contribution is 5.76. The van der Waals surface area contributed by atoms with Crippen LogP contribution in [0.5, 0.6) is 5.75 Å².